The summed E-state index contributed by atoms with van der Waals surface area (Å²) >= 11 is 0. The van der Waals surface area contributed by atoms with Crippen LogP contribution in [0.15, 0.2) is 0 Å². The lowest BCUT2D eigenvalue weighted by molar-refractivity contribution is 0.0600. The summed E-state index contributed by atoms with van der Waals surface area (Å²) < 4.78 is 4.92. The van der Waals surface area contributed by atoms with Crippen molar-refractivity contribution in [3.05, 3.63) is 0 Å². The van der Waals surface area contributed by atoms with Gasteiger partial charge in [-0.2, -0.15) is 5.26 Å². The number of nitrogens with one attached hydrogen (secondary N) is 1. The van der Waals surface area contributed by atoms with Crippen LogP contribution in [-0.2, 0) is 4.74 Å². The minimum absolute atomic E-state index is 0.505. The monoisotopic (exact) mass is 264 g/mol. The molecule has 0 atom stereocenters. The van der Waals surface area contributed by atoms with E-state index in [1.165, 1.54) is 32.1 Å². The molecule has 3 nitrogen and oxygen atoms in total. The van der Waals surface area contributed by atoms with E-state index in [-0.39, 0.29) is 0 Å². The maximum atomic E-state index is 8.37. The van der Waals surface area contributed by atoms with Gasteiger partial charge in [0.1, 0.15) is 0 Å². The lowest BCUT2D eigenvalue weighted by atomic mass is 9.87. The molecule has 19 heavy (non-hydrogen) atoms. The lowest BCUT2D eigenvalue weighted by Crippen LogP contribution is -2.47. The minimum atomic E-state index is 0.505. The normalized spacial score (nSPS) is 18.2. The molecule has 1 saturated carbocycles. The van der Waals surface area contributed by atoms with Crippen LogP contribution in [0, 0.1) is 29.1 Å². The second-order valence-electron chi connectivity index (χ2n) is 4.88. The van der Waals surface area contributed by atoms with E-state index in [1.807, 2.05) is 13.8 Å². The molecule has 0 spiro atoms. The molecule has 2 fully saturated rings. The fourth-order valence-corrected chi connectivity index (χ4v) is 1.95. The molecule has 0 aromatic carbocycles. The van der Waals surface area contributed by atoms with Crippen LogP contribution in [-0.4, -0.2) is 26.3 Å². The first kappa shape index (κ1) is 18.0. The summed E-state index contributed by atoms with van der Waals surface area (Å²) in [5.74, 6) is 6.10. The lowest BCUT2D eigenvalue weighted by Gasteiger charge is -2.24. The van der Waals surface area contributed by atoms with E-state index in [2.05, 4.69) is 23.2 Å². The quantitative estimate of drug-likeness (QED) is 0.779. The van der Waals surface area contributed by atoms with Crippen molar-refractivity contribution in [1.82, 2.24) is 5.32 Å². The molecule has 1 aliphatic heterocycles. The second kappa shape index (κ2) is 13.4. The van der Waals surface area contributed by atoms with Crippen LogP contribution < -0.4 is 5.32 Å². The van der Waals surface area contributed by atoms with Crippen molar-refractivity contribution in [1.29, 1.82) is 5.26 Å². The van der Waals surface area contributed by atoms with E-state index in [1.54, 1.807) is 7.11 Å². The first-order chi connectivity index (χ1) is 9.28. The molecule has 0 aromatic rings. The molecule has 2 rings (SSSR count). The van der Waals surface area contributed by atoms with Crippen LogP contribution in [0.1, 0.15) is 52.4 Å². The van der Waals surface area contributed by atoms with Gasteiger partial charge in [0.2, 0.25) is 0 Å². The predicted octanol–water partition coefficient (Wildman–Crippen LogP) is 3.11. The highest BCUT2D eigenvalue weighted by Crippen LogP contribution is 2.25. The van der Waals surface area contributed by atoms with Gasteiger partial charge in [-0.05, 0) is 32.6 Å². The molecule has 1 heterocycles. The maximum Gasteiger partial charge on any atom is 0.0819 e. The Hall–Kier alpha value is -1.03. The molecule has 0 radical (unpaired) electrons. The van der Waals surface area contributed by atoms with Crippen molar-refractivity contribution in [2.45, 2.75) is 58.5 Å². The third-order valence-electron chi connectivity index (χ3n) is 3.43. The molecular formula is C16H28N2O. The highest BCUT2D eigenvalue weighted by atomic mass is 16.5. The van der Waals surface area contributed by atoms with Crippen molar-refractivity contribution in [2.75, 3.05) is 20.2 Å². The zero-order valence-electron chi connectivity index (χ0n) is 12.7. The van der Waals surface area contributed by atoms with Crippen LogP contribution in [0.25, 0.3) is 0 Å². The molecule has 0 aromatic heterocycles. The van der Waals surface area contributed by atoms with Crippen molar-refractivity contribution in [3.8, 4) is 17.9 Å². The second-order valence-corrected chi connectivity index (χ2v) is 4.88. The standard InChI is InChI=1S/C8H13N.C4H9NO.C4H6/c9-7-6-8-4-2-1-3-5-8;1-6-4-2-5-3-4;1-3-4-2/h8H,1-6H2;4-5H,2-3H2,1H3;1-2H3. The van der Waals surface area contributed by atoms with E-state index in [0.29, 0.717) is 6.10 Å². The molecule has 1 N–H and O–H groups in total. The summed E-state index contributed by atoms with van der Waals surface area (Å²) in [5, 5.41) is 11.5. The number of ether oxygens (including phenoxy) is 1. The molecule has 0 unspecified atom stereocenters. The number of nitriles is 1. The molecule has 1 aliphatic carbocycles. The van der Waals surface area contributed by atoms with E-state index < -0.39 is 0 Å². The molecule has 2 aliphatic rings. The van der Waals surface area contributed by atoms with Crippen LogP contribution in [0.3, 0.4) is 0 Å². The zero-order chi connectivity index (χ0) is 14.3. The Bertz CT molecular complexity index is 279. The Kier molecular flexibility index (Phi) is 12.7. The summed E-state index contributed by atoms with van der Waals surface area (Å²) in [6.45, 7) is 5.72. The first-order valence-electron chi connectivity index (χ1n) is 7.22. The van der Waals surface area contributed by atoms with Gasteiger partial charge in [0.15, 0.2) is 0 Å². The van der Waals surface area contributed by atoms with Gasteiger partial charge in [0.05, 0.1) is 12.2 Å². The van der Waals surface area contributed by atoms with Gasteiger partial charge in [-0.3, -0.25) is 0 Å². The third-order valence-corrected chi connectivity index (χ3v) is 3.43. The van der Waals surface area contributed by atoms with Crippen molar-refractivity contribution < 1.29 is 4.74 Å². The van der Waals surface area contributed by atoms with E-state index in [4.69, 9.17) is 10.00 Å². The van der Waals surface area contributed by atoms with Crippen molar-refractivity contribution >= 4 is 0 Å². The SMILES string of the molecule is CC#CC.COC1CNC1.N#CCC1CCCCC1. The summed E-state index contributed by atoms with van der Waals surface area (Å²) in [6, 6.07) is 2.24. The molecule has 0 amide bonds. The third kappa shape index (κ3) is 10.6. The van der Waals surface area contributed by atoms with Crippen LogP contribution in [0.2, 0.25) is 0 Å². The van der Waals surface area contributed by atoms with Gasteiger partial charge in [0, 0.05) is 26.6 Å². The Morgan fingerprint density at radius 2 is 1.68 bits per heavy atom. The molecular weight excluding hydrogens is 236 g/mol. The molecule has 0 bridgehead atoms. The summed E-state index contributed by atoms with van der Waals surface area (Å²) in [7, 11) is 1.74. The van der Waals surface area contributed by atoms with Gasteiger partial charge in [0.25, 0.3) is 0 Å². The van der Waals surface area contributed by atoms with Crippen molar-refractivity contribution in [2.24, 2.45) is 5.92 Å². The highest BCUT2D eigenvalue weighted by Gasteiger charge is 2.13. The van der Waals surface area contributed by atoms with Gasteiger partial charge in [-0.1, -0.05) is 19.3 Å². The topological polar surface area (TPSA) is 45.0 Å². The molecule has 108 valence electrons. The number of hydrogen-bond donors (Lipinski definition) is 1. The van der Waals surface area contributed by atoms with Gasteiger partial charge in [-0.15, -0.1) is 11.8 Å². The Labute approximate surface area is 118 Å². The van der Waals surface area contributed by atoms with E-state index in [9.17, 15) is 0 Å². The Balaban J connectivity index is 0.000000281. The average molecular weight is 264 g/mol. The summed E-state index contributed by atoms with van der Waals surface area (Å²) in [6.07, 6.45) is 7.99. The summed E-state index contributed by atoms with van der Waals surface area (Å²) in [4.78, 5) is 0. The van der Waals surface area contributed by atoms with Crippen molar-refractivity contribution in [3.63, 3.8) is 0 Å². The largest absolute Gasteiger partial charge is 0.379 e. The Morgan fingerprint density at radius 1 is 1.11 bits per heavy atom. The maximum absolute atomic E-state index is 8.37. The fourth-order valence-electron chi connectivity index (χ4n) is 1.95. The number of methoxy groups -OCH3 is 1. The predicted molar refractivity (Wildman–Crippen MR) is 79.6 cm³/mol. The summed E-state index contributed by atoms with van der Waals surface area (Å²) in [5.41, 5.74) is 0. The van der Waals surface area contributed by atoms with Crippen LogP contribution in [0.5, 0.6) is 0 Å². The smallest absolute Gasteiger partial charge is 0.0819 e. The minimum Gasteiger partial charge on any atom is -0.379 e. The molecule has 3 heteroatoms. The van der Waals surface area contributed by atoms with E-state index >= 15 is 0 Å². The van der Waals surface area contributed by atoms with Gasteiger partial charge in [-0.25, -0.2) is 0 Å². The van der Waals surface area contributed by atoms with Crippen LogP contribution in [0.4, 0.5) is 0 Å². The van der Waals surface area contributed by atoms with Crippen LogP contribution >= 0.6 is 0 Å². The number of rotatable bonds is 2. The highest BCUT2D eigenvalue weighted by molar-refractivity contribution is 4.89. The number of nitrogens with zero attached hydrogens (tertiary/aromatic N) is 1. The average Bonchev–Trinajstić information content (AvgIpc) is 2.40. The molecule has 1 saturated heterocycles. The Morgan fingerprint density at radius 3 is 1.95 bits per heavy atom. The number of hydrogen-bond acceptors (Lipinski definition) is 3. The van der Waals surface area contributed by atoms with Gasteiger partial charge < -0.3 is 10.1 Å². The first-order valence-corrected chi connectivity index (χ1v) is 7.22. The van der Waals surface area contributed by atoms with E-state index in [0.717, 1.165) is 25.4 Å². The zero-order valence-corrected chi connectivity index (χ0v) is 12.7. The fraction of sp³-hybridized carbons (Fsp3) is 0.812. The van der Waals surface area contributed by atoms with Gasteiger partial charge >= 0.3 is 0 Å².